The van der Waals surface area contributed by atoms with Crippen molar-refractivity contribution >= 4 is 16.8 Å². The van der Waals surface area contributed by atoms with Gasteiger partial charge in [0.2, 0.25) is 0 Å². The topological polar surface area (TPSA) is 67.6 Å². The molecule has 1 atom stereocenters. The fourth-order valence-electron chi connectivity index (χ4n) is 4.23. The van der Waals surface area contributed by atoms with E-state index in [4.69, 9.17) is 9.15 Å². The maximum absolute atomic E-state index is 13.5. The molecule has 1 fully saturated rings. The van der Waals surface area contributed by atoms with Gasteiger partial charge in [-0.1, -0.05) is 30.3 Å². The largest absolute Gasteiger partial charge is 0.463 e. The van der Waals surface area contributed by atoms with Gasteiger partial charge in [-0.2, -0.15) is 0 Å². The lowest BCUT2D eigenvalue weighted by molar-refractivity contribution is 0.0162. The summed E-state index contributed by atoms with van der Waals surface area (Å²) in [6, 6.07) is 19.3. The molecule has 7 heteroatoms. The van der Waals surface area contributed by atoms with E-state index in [0.717, 1.165) is 29.6 Å². The molecule has 2 aromatic heterocycles. The molecule has 1 amide bonds. The molecule has 33 heavy (non-hydrogen) atoms. The van der Waals surface area contributed by atoms with Gasteiger partial charge in [-0.15, -0.1) is 0 Å². The highest BCUT2D eigenvalue weighted by Crippen LogP contribution is 2.26. The molecule has 0 spiro atoms. The first kappa shape index (κ1) is 21.3. The number of halogens is 1. The van der Waals surface area contributed by atoms with E-state index in [1.54, 1.807) is 30.5 Å². The number of nitrogens with zero attached hydrogens (tertiary/aromatic N) is 2. The van der Waals surface area contributed by atoms with Crippen LogP contribution in [0, 0.1) is 5.82 Å². The molecule has 0 aliphatic carbocycles. The molecule has 1 aliphatic heterocycles. The van der Waals surface area contributed by atoms with Gasteiger partial charge in [0.05, 0.1) is 36.6 Å². The van der Waals surface area contributed by atoms with Crippen molar-refractivity contribution in [2.45, 2.75) is 6.04 Å². The Bertz CT molecular complexity index is 1240. The fraction of sp³-hybridized carbons (Fsp3) is 0.231. The van der Waals surface area contributed by atoms with Gasteiger partial charge in [-0.3, -0.25) is 9.69 Å². The number of aromatic nitrogens is 1. The van der Waals surface area contributed by atoms with Crippen molar-refractivity contribution in [3.8, 4) is 11.5 Å². The smallest absolute Gasteiger partial charge is 0.252 e. The molecule has 1 aliphatic rings. The molecule has 1 N–H and O–H groups in total. The summed E-state index contributed by atoms with van der Waals surface area (Å²) in [5, 5.41) is 3.87. The Kier molecular flexibility index (Phi) is 6.15. The van der Waals surface area contributed by atoms with Gasteiger partial charge in [-0.25, -0.2) is 9.37 Å². The van der Waals surface area contributed by atoms with Crippen LogP contribution in [0.3, 0.4) is 0 Å². The summed E-state index contributed by atoms with van der Waals surface area (Å²) in [4.78, 5) is 20.3. The Morgan fingerprint density at radius 2 is 1.85 bits per heavy atom. The minimum absolute atomic E-state index is 0.0869. The van der Waals surface area contributed by atoms with E-state index in [0.29, 0.717) is 36.8 Å². The first-order valence-electron chi connectivity index (χ1n) is 11.0. The minimum atomic E-state index is -0.280. The molecule has 0 saturated carbocycles. The third kappa shape index (κ3) is 4.65. The second-order valence-corrected chi connectivity index (χ2v) is 7.98. The van der Waals surface area contributed by atoms with Crippen LogP contribution in [0.5, 0.6) is 0 Å². The van der Waals surface area contributed by atoms with Gasteiger partial charge in [-0.05, 0) is 42.0 Å². The van der Waals surface area contributed by atoms with Gasteiger partial charge in [0, 0.05) is 25.0 Å². The normalized spacial score (nSPS) is 15.4. The molecule has 5 rings (SSSR count). The van der Waals surface area contributed by atoms with E-state index in [2.05, 4.69) is 15.2 Å². The molecule has 168 valence electrons. The van der Waals surface area contributed by atoms with Crippen LogP contribution in [0.1, 0.15) is 22.0 Å². The first-order valence-corrected chi connectivity index (χ1v) is 11.0. The van der Waals surface area contributed by atoms with E-state index < -0.39 is 0 Å². The number of fused-ring (bicyclic) bond motifs is 1. The number of para-hydroxylation sites is 1. The monoisotopic (exact) mass is 445 g/mol. The van der Waals surface area contributed by atoms with Crippen LogP contribution in [0.25, 0.3) is 22.4 Å². The number of carbonyl (C=O) groups is 1. The summed E-state index contributed by atoms with van der Waals surface area (Å²) in [5.41, 5.74) is 2.81. The van der Waals surface area contributed by atoms with Crippen LogP contribution in [0.2, 0.25) is 0 Å². The fourth-order valence-corrected chi connectivity index (χ4v) is 4.23. The average molecular weight is 445 g/mol. The highest BCUT2D eigenvalue weighted by atomic mass is 19.1. The zero-order valence-corrected chi connectivity index (χ0v) is 18.0. The molecular formula is C26H24FN3O3. The molecule has 4 aromatic rings. The van der Waals surface area contributed by atoms with E-state index in [-0.39, 0.29) is 17.8 Å². The maximum atomic E-state index is 13.5. The van der Waals surface area contributed by atoms with Crippen molar-refractivity contribution in [1.29, 1.82) is 0 Å². The van der Waals surface area contributed by atoms with Gasteiger partial charge in [0.25, 0.3) is 5.91 Å². The standard InChI is InChI=1S/C26H24FN3O3/c27-19-9-7-18(8-10-19)24(30-11-14-32-15-12-30)17-28-26(31)21-16-23(25-6-3-13-33-25)29-22-5-2-1-4-20(21)22/h1-10,13,16,24H,11-12,14-15,17H2,(H,28,31). The van der Waals surface area contributed by atoms with Crippen LogP contribution >= 0.6 is 0 Å². The Morgan fingerprint density at radius 3 is 2.61 bits per heavy atom. The van der Waals surface area contributed by atoms with Crippen LogP contribution in [0.4, 0.5) is 4.39 Å². The molecule has 1 saturated heterocycles. The summed E-state index contributed by atoms with van der Waals surface area (Å²) in [5.74, 6) is 0.131. The number of nitrogens with one attached hydrogen (secondary N) is 1. The Balaban J connectivity index is 1.43. The molecule has 3 heterocycles. The minimum Gasteiger partial charge on any atom is -0.463 e. The van der Waals surface area contributed by atoms with Crippen molar-refractivity contribution in [2.24, 2.45) is 0 Å². The van der Waals surface area contributed by atoms with Crippen molar-refractivity contribution in [3.05, 3.63) is 89.9 Å². The van der Waals surface area contributed by atoms with Crippen molar-refractivity contribution in [1.82, 2.24) is 15.2 Å². The molecule has 6 nitrogen and oxygen atoms in total. The number of hydrogen-bond donors (Lipinski definition) is 1. The number of ether oxygens (including phenoxy) is 1. The quantitative estimate of drug-likeness (QED) is 0.475. The molecule has 0 bridgehead atoms. The lowest BCUT2D eigenvalue weighted by Gasteiger charge is -2.35. The number of furan rings is 1. The highest BCUT2D eigenvalue weighted by Gasteiger charge is 2.24. The Hall–Kier alpha value is -3.55. The van der Waals surface area contributed by atoms with Gasteiger partial charge >= 0.3 is 0 Å². The zero-order chi connectivity index (χ0) is 22.6. The second kappa shape index (κ2) is 9.52. The van der Waals surface area contributed by atoms with Crippen LogP contribution in [-0.4, -0.2) is 48.6 Å². The number of pyridine rings is 1. The van der Waals surface area contributed by atoms with E-state index in [1.807, 2.05) is 30.3 Å². The second-order valence-electron chi connectivity index (χ2n) is 7.98. The van der Waals surface area contributed by atoms with Crippen molar-refractivity contribution in [3.63, 3.8) is 0 Å². The Morgan fingerprint density at radius 1 is 1.06 bits per heavy atom. The number of hydrogen-bond acceptors (Lipinski definition) is 5. The summed E-state index contributed by atoms with van der Waals surface area (Å²) in [6.45, 7) is 3.15. The first-order chi connectivity index (χ1) is 16.2. The van der Waals surface area contributed by atoms with Gasteiger partial charge < -0.3 is 14.5 Å². The van der Waals surface area contributed by atoms with Gasteiger partial charge in [0.1, 0.15) is 11.5 Å². The molecular weight excluding hydrogens is 421 g/mol. The number of carbonyl (C=O) groups excluding carboxylic acids is 1. The van der Waals surface area contributed by atoms with Crippen molar-refractivity contribution in [2.75, 3.05) is 32.8 Å². The van der Waals surface area contributed by atoms with Crippen LogP contribution in [0.15, 0.2) is 77.4 Å². The lowest BCUT2D eigenvalue weighted by Crippen LogP contribution is -2.43. The van der Waals surface area contributed by atoms with E-state index >= 15 is 0 Å². The molecule has 2 aromatic carbocycles. The summed E-state index contributed by atoms with van der Waals surface area (Å²) in [7, 11) is 0. The van der Waals surface area contributed by atoms with Crippen LogP contribution in [-0.2, 0) is 4.74 Å². The maximum Gasteiger partial charge on any atom is 0.252 e. The number of benzene rings is 2. The van der Waals surface area contributed by atoms with E-state index in [1.165, 1.54) is 12.1 Å². The number of amides is 1. The van der Waals surface area contributed by atoms with Gasteiger partial charge in [0.15, 0.2) is 5.76 Å². The number of rotatable bonds is 6. The summed E-state index contributed by atoms with van der Waals surface area (Å²) < 4.78 is 24.5. The summed E-state index contributed by atoms with van der Waals surface area (Å²) in [6.07, 6.45) is 1.58. The molecule has 1 unspecified atom stereocenters. The predicted molar refractivity (Wildman–Crippen MR) is 123 cm³/mol. The lowest BCUT2D eigenvalue weighted by atomic mass is 10.0. The summed E-state index contributed by atoms with van der Waals surface area (Å²) >= 11 is 0. The highest BCUT2D eigenvalue weighted by molar-refractivity contribution is 6.07. The average Bonchev–Trinajstić information content (AvgIpc) is 3.40. The zero-order valence-electron chi connectivity index (χ0n) is 18.0. The number of morpholine rings is 1. The Labute approximate surface area is 191 Å². The third-order valence-electron chi connectivity index (χ3n) is 5.93. The SMILES string of the molecule is O=C(NCC(c1ccc(F)cc1)N1CCOCC1)c1cc(-c2ccco2)nc2ccccc12. The van der Waals surface area contributed by atoms with Crippen molar-refractivity contribution < 1.29 is 18.3 Å². The predicted octanol–water partition coefficient (Wildman–Crippen LogP) is 4.44. The van der Waals surface area contributed by atoms with Crippen LogP contribution < -0.4 is 5.32 Å². The third-order valence-corrected chi connectivity index (χ3v) is 5.93. The van der Waals surface area contributed by atoms with E-state index in [9.17, 15) is 9.18 Å². The molecule has 0 radical (unpaired) electrons.